The molecule has 0 aromatic carbocycles. The van der Waals surface area contributed by atoms with E-state index in [9.17, 15) is 4.79 Å². The summed E-state index contributed by atoms with van der Waals surface area (Å²) in [4.78, 5) is 14.6. The van der Waals surface area contributed by atoms with Gasteiger partial charge in [-0.15, -0.1) is 0 Å². The maximum absolute atomic E-state index is 10.7. The number of hydrogen-bond donors (Lipinski definition) is 0. The van der Waals surface area contributed by atoms with Crippen molar-refractivity contribution in [3.05, 3.63) is 18.7 Å². The van der Waals surface area contributed by atoms with Gasteiger partial charge in [0.1, 0.15) is 12.4 Å². The monoisotopic (exact) mass is 210 g/mol. The average Bonchev–Trinajstić information content (AvgIpc) is 2.76. The van der Waals surface area contributed by atoms with Crippen molar-refractivity contribution in [2.75, 3.05) is 6.61 Å². The van der Waals surface area contributed by atoms with Gasteiger partial charge in [-0.3, -0.25) is 0 Å². The van der Waals surface area contributed by atoms with Crippen LogP contribution in [0.3, 0.4) is 0 Å². The largest absolute Gasteiger partial charge is 0.371 e. The van der Waals surface area contributed by atoms with E-state index in [1.165, 1.54) is 0 Å². The van der Waals surface area contributed by atoms with Gasteiger partial charge in [0.05, 0.1) is 6.33 Å². The van der Waals surface area contributed by atoms with Crippen molar-refractivity contribution in [1.82, 2.24) is 9.55 Å². The fraction of sp³-hybridized carbons (Fsp3) is 0.636. The second kappa shape index (κ2) is 7.17. The second-order valence-corrected chi connectivity index (χ2v) is 3.49. The molecule has 0 saturated heterocycles. The summed E-state index contributed by atoms with van der Waals surface area (Å²) in [5.74, 6) is 0. The molecule has 1 aromatic heterocycles. The predicted octanol–water partition coefficient (Wildman–Crippen LogP) is 1.66. The molecule has 0 aliphatic rings. The minimum absolute atomic E-state index is 0.242. The molecule has 0 N–H and O–H groups in total. The van der Waals surface area contributed by atoms with Crippen LogP contribution in [-0.4, -0.2) is 28.5 Å². The van der Waals surface area contributed by atoms with Gasteiger partial charge in [-0.2, -0.15) is 0 Å². The van der Waals surface area contributed by atoms with Gasteiger partial charge >= 0.3 is 0 Å². The number of imidazole rings is 1. The Morgan fingerprint density at radius 3 is 3.07 bits per heavy atom. The molecule has 0 aliphatic carbocycles. The number of ether oxygens (including phenoxy) is 1. The Morgan fingerprint density at radius 2 is 2.47 bits per heavy atom. The highest BCUT2D eigenvalue weighted by Gasteiger charge is 2.06. The van der Waals surface area contributed by atoms with Crippen LogP contribution in [0, 0.1) is 0 Å². The molecule has 4 nitrogen and oxygen atoms in total. The molecule has 1 heterocycles. The molecule has 0 aliphatic heterocycles. The number of aryl methyl sites for hydroxylation is 1. The zero-order valence-corrected chi connectivity index (χ0v) is 9.13. The zero-order chi connectivity index (χ0) is 10.9. The van der Waals surface area contributed by atoms with Crippen molar-refractivity contribution in [2.24, 2.45) is 0 Å². The van der Waals surface area contributed by atoms with Gasteiger partial charge in [0, 0.05) is 25.5 Å². The minimum atomic E-state index is -0.242. The summed E-state index contributed by atoms with van der Waals surface area (Å²) >= 11 is 0. The predicted molar refractivity (Wildman–Crippen MR) is 57.6 cm³/mol. The highest BCUT2D eigenvalue weighted by atomic mass is 16.5. The van der Waals surface area contributed by atoms with Crippen LogP contribution in [0.5, 0.6) is 0 Å². The van der Waals surface area contributed by atoms with Crippen molar-refractivity contribution < 1.29 is 9.53 Å². The normalized spacial score (nSPS) is 12.6. The first-order valence-corrected chi connectivity index (χ1v) is 5.39. The fourth-order valence-corrected chi connectivity index (χ4v) is 1.35. The maximum atomic E-state index is 10.7. The van der Waals surface area contributed by atoms with Gasteiger partial charge in [0.25, 0.3) is 0 Å². The first-order valence-electron chi connectivity index (χ1n) is 5.39. The number of rotatable bonds is 8. The third-order valence-corrected chi connectivity index (χ3v) is 2.15. The molecule has 1 aromatic rings. The summed E-state index contributed by atoms with van der Waals surface area (Å²) in [5, 5.41) is 0. The van der Waals surface area contributed by atoms with E-state index in [2.05, 4.69) is 4.98 Å². The van der Waals surface area contributed by atoms with Gasteiger partial charge in [-0.1, -0.05) is 6.92 Å². The molecule has 84 valence electrons. The van der Waals surface area contributed by atoms with Crippen LogP contribution in [0.2, 0.25) is 0 Å². The molecule has 1 unspecified atom stereocenters. The maximum Gasteiger partial charge on any atom is 0.148 e. The van der Waals surface area contributed by atoms with E-state index in [0.717, 1.165) is 32.1 Å². The third kappa shape index (κ3) is 4.74. The molecule has 0 bridgehead atoms. The van der Waals surface area contributed by atoms with Crippen LogP contribution in [0.25, 0.3) is 0 Å². The number of carbonyl (C=O) groups excluding carboxylic acids is 1. The van der Waals surface area contributed by atoms with Crippen LogP contribution in [0.1, 0.15) is 26.2 Å². The Bertz CT molecular complexity index is 260. The average molecular weight is 210 g/mol. The van der Waals surface area contributed by atoms with E-state index in [-0.39, 0.29) is 6.10 Å². The molecular formula is C11H18N2O2. The third-order valence-electron chi connectivity index (χ3n) is 2.15. The Kier molecular flexibility index (Phi) is 5.70. The molecule has 15 heavy (non-hydrogen) atoms. The van der Waals surface area contributed by atoms with Crippen LogP contribution in [0.15, 0.2) is 18.7 Å². The Hall–Kier alpha value is -1.16. The SMILES string of the molecule is CCCOC(C=O)CCCn1ccnc1. The van der Waals surface area contributed by atoms with Gasteiger partial charge in [-0.05, 0) is 19.3 Å². The molecular weight excluding hydrogens is 192 g/mol. The Labute approximate surface area is 90.3 Å². The van der Waals surface area contributed by atoms with Gasteiger partial charge < -0.3 is 14.1 Å². The lowest BCUT2D eigenvalue weighted by Crippen LogP contribution is -2.15. The molecule has 0 fully saturated rings. The second-order valence-electron chi connectivity index (χ2n) is 3.49. The highest BCUT2D eigenvalue weighted by molar-refractivity contribution is 5.55. The van der Waals surface area contributed by atoms with Gasteiger partial charge in [0.15, 0.2) is 0 Å². The fourth-order valence-electron chi connectivity index (χ4n) is 1.35. The number of aromatic nitrogens is 2. The summed E-state index contributed by atoms with van der Waals surface area (Å²) in [6, 6.07) is 0. The quantitative estimate of drug-likeness (QED) is 0.613. The van der Waals surface area contributed by atoms with Crippen LogP contribution < -0.4 is 0 Å². The lowest BCUT2D eigenvalue weighted by Gasteiger charge is -2.10. The lowest BCUT2D eigenvalue weighted by atomic mass is 10.2. The molecule has 0 amide bonds. The van der Waals surface area contributed by atoms with Crippen LogP contribution in [0.4, 0.5) is 0 Å². The summed E-state index contributed by atoms with van der Waals surface area (Å²) < 4.78 is 7.37. The number of aldehydes is 1. The first-order chi connectivity index (χ1) is 7.36. The molecule has 1 rings (SSSR count). The summed E-state index contributed by atoms with van der Waals surface area (Å²) in [6.07, 6.45) is 8.77. The topological polar surface area (TPSA) is 44.1 Å². The first kappa shape index (κ1) is 11.9. The van der Waals surface area contributed by atoms with E-state index in [4.69, 9.17) is 4.74 Å². The standard InChI is InChI=1S/C11H18N2O2/c1-2-8-15-11(9-14)4-3-6-13-7-5-12-10-13/h5,7,9-11H,2-4,6,8H2,1H3. The van der Waals surface area contributed by atoms with E-state index < -0.39 is 0 Å². The highest BCUT2D eigenvalue weighted by Crippen LogP contribution is 2.02. The van der Waals surface area contributed by atoms with Crippen molar-refractivity contribution in [3.8, 4) is 0 Å². The minimum Gasteiger partial charge on any atom is -0.371 e. The van der Waals surface area contributed by atoms with Crippen molar-refractivity contribution >= 4 is 6.29 Å². The van der Waals surface area contributed by atoms with Crippen LogP contribution in [-0.2, 0) is 16.1 Å². The Balaban J connectivity index is 2.14. The van der Waals surface area contributed by atoms with Crippen molar-refractivity contribution in [1.29, 1.82) is 0 Å². The van der Waals surface area contributed by atoms with Gasteiger partial charge in [-0.25, -0.2) is 4.98 Å². The Morgan fingerprint density at radius 1 is 1.60 bits per heavy atom. The van der Waals surface area contributed by atoms with Crippen molar-refractivity contribution in [2.45, 2.75) is 38.8 Å². The summed E-state index contributed by atoms with van der Waals surface area (Å²) in [5.41, 5.74) is 0. The molecule has 0 radical (unpaired) electrons. The van der Waals surface area contributed by atoms with E-state index in [1.54, 1.807) is 12.5 Å². The van der Waals surface area contributed by atoms with E-state index in [0.29, 0.717) is 6.61 Å². The molecule has 0 spiro atoms. The summed E-state index contributed by atoms with van der Waals surface area (Å²) in [6.45, 7) is 3.58. The molecule has 1 atom stereocenters. The van der Waals surface area contributed by atoms with E-state index >= 15 is 0 Å². The van der Waals surface area contributed by atoms with Crippen LogP contribution >= 0.6 is 0 Å². The lowest BCUT2D eigenvalue weighted by molar-refractivity contribution is -0.118. The number of hydrogen-bond acceptors (Lipinski definition) is 3. The van der Waals surface area contributed by atoms with E-state index in [1.807, 2.05) is 17.7 Å². The zero-order valence-electron chi connectivity index (χ0n) is 9.13. The number of nitrogens with zero attached hydrogens (tertiary/aromatic N) is 2. The number of carbonyl (C=O) groups is 1. The summed E-state index contributed by atoms with van der Waals surface area (Å²) in [7, 11) is 0. The molecule has 0 saturated carbocycles. The molecule has 4 heteroatoms. The van der Waals surface area contributed by atoms with Gasteiger partial charge in [0.2, 0.25) is 0 Å². The van der Waals surface area contributed by atoms with Crippen molar-refractivity contribution in [3.63, 3.8) is 0 Å². The smallest absolute Gasteiger partial charge is 0.148 e.